The fourth-order valence-corrected chi connectivity index (χ4v) is 1.70. The average molecular weight is 239 g/mol. The fourth-order valence-electron chi connectivity index (χ4n) is 1.70. The number of carbonyl (C=O) groups excluding carboxylic acids is 1. The van der Waals surface area contributed by atoms with Gasteiger partial charge < -0.3 is 5.32 Å². The number of amides is 1. The molecule has 17 heavy (non-hydrogen) atoms. The Morgan fingerprint density at radius 2 is 2.00 bits per heavy atom. The number of halogens is 2. The predicted octanol–water partition coefficient (Wildman–Crippen LogP) is 2.52. The maximum atomic E-state index is 13.7. The third kappa shape index (κ3) is 2.30. The highest BCUT2D eigenvalue weighted by Gasteiger charge is 2.36. The Morgan fingerprint density at radius 3 is 2.59 bits per heavy atom. The lowest BCUT2D eigenvalue weighted by Crippen LogP contribution is -2.41. The Hall–Kier alpha value is -1.45. The Balaban J connectivity index is 2.29. The summed E-state index contributed by atoms with van der Waals surface area (Å²) in [7, 11) is 0. The van der Waals surface area contributed by atoms with E-state index >= 15 is 0 Å². The van der Waals surface area contributed by atoms with Gasteiger partial charge in [-0.25, -0.2) is 8.78 Å². The van der Waals surface area contributed by atoms with Gasteiger partial charge in [-0.2, -0.15) is 0 Å². The van der Waals surface area contributed by atoms with Crippen LogP contribution in [0.2, 0.25) is 0 Å². The third-order valence-electron chi connectivity index (χ3n) is 3.11. The molecule has 0 aliphatic heterocycles. The van der Waals surface area contributed by atoms with Gasteiger partial charge in [-0.15, -0.1) is 0 Å². The van der Waals surface area contributed by atoms with E-state index in [1.807, 2.05) is 0 Å². The molecule has 2 nitrogen and oxygen atoms in total. The molecule has 0 aromatic heterocycles. The van der Waals surface area contributed by atoms with Gasteiger partial charge in [0, 0.05) is 11.6 Å². The Labute approximate surface area is 99.0 Å². The smallest absolute Gasteiger partial charge is 0.230 e. The third-order valence-corrected chi connectivity index (χ3v) is 3.11. The molecule has 0 radical (unpaired) electrons. The number of nitrogens with one attached hydrogen (secondary N) is 1. The highest BCUT2D eigenvalue weighted by molar-refractivity contribution is 5.87. The molecular formula is C13H15F2NO. The minimum absolute atomic E-state index is 0.0932. The summed E-state index contributed by atoms with van der Waals surface area (Å²) in [5.41, 5.74) is -0.968. The van der Waals surface area contributed by atoms with Gasteiger partial charge in [0.25, 0.3) is 0 Å². The molecule has 1 saturated carbocycles. The molecule has 0 spiro atoms. The topological polar surface area (TPSA) is 29.1 Å². The zero-order valence-corrected chi connectivity index (χ0v) is 9.89. The summed E-state index contributed by atoms with van der Waals surface area (Å²) in [4.78, 5) is 12.0. The van der Waals surface area contributed by atoms with Crippen LogP contribution >= 0.6 is 0 Å². The second kappa shape index (κ2) is 4.09. The van der Waals surface area contributed by atoms with E-state index in [4.69, 9.17) is 0 Å². The van der Waals surface area contributed by atoms with Gasteiger partial charge >= 0.3 is 0 Å². The zero-order chi connectivity index (χ0) is 12.6. The van der Waals surface area contributed by atoms with Crippen molar-refractivity contribution in [3.05, 3.63) is 35.4 Å². The molecule has 1 aliphatic rings. The van der Waals surface area contributed by atoms with Gasteiger partial charge in [0.15, 0.2) is 11.6 Å². The molecule has 1 aromatic rings. The van der Waals surface area contributed by atoms with Gasteiger partial charge in [0.05, 0.1) is 5.41 Å². The minimum Gasteiger partial charge on any atom is -0.353 e. The van der Waals surface area contributed by atoms with E-state index in [1.54, 1.807) is 13.8 Å². The van der Waals surface area contributed by atoms with E-state index in [0.29, 0.717) is 0 Å². The molecule has 1 amide bonds. The van der Waals surface area contributed by atoms with Crippen molar-refractivity contribution < 1.29 is 13.6 Å². The van der Waals surface area contributed by atoms with Crippen molar-refractivity contribution in [1.82, 2.24) is 5.32 Å². The second-order valence-electron chi connectivity index (χ2n) is 4.97. The van der Waals surface area contributed by atoms with Crippen molar-refractivity contribution in [2.45, 2.75) is 38.1 Å². The van der Waals surface area contributed by atoms with Crippen LogP contribution in [0.3, 0.4) is 0 Å². The van der Waals surface area contributed by atoms with Crippen LogP contribution in [0.5, 0.6) is 0 Å². The van der Waals surface area contributed by atoms with E-state index in [1.165, 1.54) is 12.1 Å². The van der Waals surface area contributed by atoms with Crippen molar-refractivity contribution in [2.75, 3.05) is 0 Å². The summed E-state index contributed by atoms with van der Waals surface area (Å²) in [5.74, 6) is -2.12. The zero-order valence-electron chi connectivity index (χ0n) is 9.89. The predicted molar refractivity (Wildman–Crippen MR) is 60.5 cm³/mol. The summed E-state index contributed by atoms with van der Waals surface area (Å²) in [6, 6.07) is 4.12. The fraction of sp³-hybridized carbons (Fsp3) is 0.462. The van der Waals surface area contributed by atoms with Crippen LogP contribution < -0.4 is 5.32 Å². The molecule has 1 fully saturated rings. The monoisotopic (exact) mass is 239 g/mol. The Morgan fingerprint density at radius 1 is 1.35 bits per heavy atom. The van der Waals surface area contributed by atoms with Crippen LogP contribution in [0.4, 0.5) is 8.78 Å². The first-order valence-electron chi connectivity index (χ1n) is 5.68. The van der Waals surface area contributed by atoms with Gasteiger partial charge in [-0.05, 0) is 32.8 Å². The average Bonchev–Trinajstić information content (AvgIpc) is 3.05. The van der Waals surface area contributed by atoms with Crippen LogP contribution in [-0.2, 0) is 10.2 Å². The molecule has 0 unspecified atom stereocenters. The van der Waals surface area contributed by atoms with Crippen molar-refractivity contribution in [3.8, 4) is 0 Å². The van der Waals surface area contributed by atoms with Crippen LogP contribution in [-0.4, -0.2) is 11.9 Å². The first-order valence-corrected chi connectivity index (χ1v) is 5.68. The summed E-state index contributed by atoms with van der Waals surface area (Å²) >= 11 is 0. The molecule has 1 N–H and O–H groups in total. The van der Waals surface area contributed by atoms with Crippen molar-refractivity contribution in [3.63, 3.8) is 0 Å². The van der Waals surface area contributed by atoms with Crippen LogP contribution in [0.25, 0.3) is 0 Å². The summed E-state index contributed by atoms with van der Waals surface area (Å²) in [6.07, 6.45) is 1.93. The van der Waals surface area contributed by atoms with Crippen LogP contribution in [0, 0.1) is 11.6 Å². The number of carbonyl (C=O) groups is 1. The molecule has 0 heterocycles. The van der Waals surface area contributed by atoms with E-state index in [2.05, 4.69) is 5.32 Å². The maximum absolute atomic E-state index is 13.7. The van der Waals surface area contributed by atoms with E-state index in [9.17, 15) is 13.6 Å². The van der Waals surface area contributed by atoms with Gasteiger partial charge in [0.1, 0.15) is 0 Å². The first kappa shape index (κ1) is 12.0. The van der Waals surface area contributed by atoms with Gasteiger partial charge in [0.2, 0.25) is 5.91 Å². The van der Waals surface area contributed by atoms with Gasteiger partial charge in [-0.1, -0.05) is 12.1 Å². The highest BCUT2D eigenvalue weighted by Crippen LogP contribution is 2.29. The number of hydrogen-bond donors (Lipinski definition) is 1. The van der Waals surface area contributed by atoms with Crippen molar-refractivity contribution in [1.29, 1.82) is 0 Å². The largest absolute Gasteiger partial charge is 0.353 e. The standard InChI is InChI=1S/C13H15F2NO/c1-13(2,12(17)16-8-6-7-8)9-4-3-5-10(14)11(9)15/h3-5,8H,6-7H2,1-2H3,(H,16,17). The molecule has 2 rings (SSSR count). The lowest BCUT2D eigenvalue weighted by Gasteiger charge is -2.24. The summed E-state index contributed by atoms with van der Waals surface area (Å²) in [5, 5.41) is 2.81. The Kier molecular flexibility index (Phi) is 2.89. The molecule has 0 atom stereocenters. The van der Waals surface area contributed by atoms with E-state index in [-0.39, 0.29) is 17.5 Å². The van der Waals surface area contributed by atoms with Crippen molar-refractivity contribution in [2.24, 2.45) is 0 Å². The Bertz CT molecular complexity index is 453. The lowest BCUT2D eigenvalue weighted by atomic mass is 9.83. The molecule has 0 saturated heterocycles. The molecule has 1 aliphatic carbocycles. The van der Waals surface area contributed by atoms with E-state index < -0.39 is 17.0 Å². The number of rotatable bonds is 3. The molecule has 4 heteroatoms. The maximum Gasteiger partial charge on any atom is 0.230 e. The number of benzene rings is 1. The normalized spacial score (nSPS) is 15.8. The SMILES string of the molecule is CC(C)(C(=O)NC1CC1)c1cccc(F)c1F. The van der Waals surface area contributed by atoms with Crippen LogP contribution in [0.15, 0.2) is 18.2 Å². The lowest BCUT2D eigenvalue weighted by molar-refractivity contribution is -0.125. The molecular weight excluding hydrogens is 224 g/mol. The molecule has 0 bridgehead atoms. The summed E-state index contributed by atoms with van der Waals surface area (Å²) < 4.78 is 26.8. The second-order valence-corrected chi connectivity index (χ2v) is 4.97. The van der Waals surface area contributed by atoms with Crippen molar-refractivity contribution >= 4 is 5.91 Å². The quantitative estimate of drug-likeness (QED) is 0.862. The molecule has 92 valence electrons. The first-order chi connectivity index (χ1) is 7.93. The van der Waals surface area contributed by atoms with E-state index in [0.717, 1.165) is 18.9 Å². The van der Waals surface area contributed by atoms with Gasteiger partial charge in [-0.3, -0.25) is 4.79 Å². The van der Waals surface area contributed by atoms with Crippen LogP contribution in [0.1, 0.15) is 32.3 Å². The highest BCUT2D eigenvalue weighted by atomic mass is 19.2. The summed E-state index contributed by atoms with van der Waals surface area (Å²) in [6.45, 7) is 3.20. The molecule has 1 aromatic carbocycles. The number of hydrogen-bond acceptors (Lipinski definition) is 1. The minimum atomic E-state index is -1.06.